The summed E-state index contributed by atoms with van der Waals surface area (Å²) in [5.74, 6) is -1.20. The molecule has 1 aromatic rings. The van der Waals surface area contributed by atoms with E-state index in [0.717, 1.165) is 19.3 Å². The molecule has 4 heteroatoms. The van der Waals surface area contributed by atoms with E-state index >= 15 is 0 Å². The number of amides is 1. The van der Waals surface area contributed by atoms with Crippen LogP contribution in [-0.4, -0.2) is 34.0 Å². The predicted molar refractivity (Wildman–Crippen MR) is 76.9 cm³/mol. The highest BCUT2D eigenvalue weighted by Gasteiger charge is 2.29. The first-order valence-corrected chi connectivity index (χ1v) is 6.94. The molecule has 0 fully saturated rings. The third-order valence-electron chi connectivity index (χ3n) is 3.69. The number of carbonyl (C=O) groups excluding carboxylic acids is 1. The van der Waals surface area contributed by atoms with Crippen LogP contribution in [0.5, 0.6) is 0 Å². The van der Waals surface area contributed by atoms with Gasteiger partial charge in [0.2, 0.25) is 0 Å². The zero-order valence-corrected chi connectivity index (χ0v) is 12.3. The van der Waals surface area contributed by atoms with Crippen molar-refractivity contribution in [1.82, 2.24) is 4.90 Å². The maximum Gasteiger partial charge on any atom is 0.323 e. The highest BCUT2D eigenvalue weighted by Crippen LogP contribution is 2.25. The van der Waals surface area contributed by atoms with Gasteiger partial charge in [-0.1, -0.05) is 6.07 Å². The lowest BCUT2D eigenvalue weighted by Crippen LogP contribution is -2.48. The molecule has 1 N–H and O–H groups in total. The summed E-state index contributed by atoms with van der Waals surface area (Å²) in [5, 5.41) is 9.00. The smallest absolute Gasteiger partial charge is 0.323 e. The van der Waals surface area contributed by atoms with Crippen molar-refractivity contribution in [2.45, 2.75) is 45.6 Å². The maximum atomic E-state index is 12.6. The van der Waals surface area contributed by atoms with Crippen LogP contribution in [0.25, 0.3) is 0 Å². The van der Waals surface area contributed by atoms with Gasteiger partial charge in [0.25, 0.3) is 5.91 Å². The summed E-state index contributed by atoms with van der Waals surface area (Å²) in [6.45, 7) is 5.27. The van der Waals surface area contributed by atoms with E-state index in [1.165, 1.54) is 16.0 Å². The number of aryl methyl sites for hydroxylation is 2. The van der Waals surface area contributed by atoms with E-state index in [1.54, 1.807) is 0 Å². The van der Waals surface area contributed by atoms with E-state index in [4.69, 9.17) is 5.11 Å². The summed E-state index contributed by atoms with van der Waals surface area (Å²) >= 11 is 0. The van der Waals surface area contributed by atoms with Gasteiger partial charge in [-0.05, 0) is 63.3 Å². The monoisotopic (exact) mass is 275 g/mol. The van der Waals surface area contributed by atoms with Gasteiger partial charge in [0.05, 0.1) is 0 Å². The first-order valence-electron chi connectivity index (χ1n) is 6.94. The van der Waals surface area contributed by atoms with Crippen LogP contribution in [0, 0.1) is 0 Å². The lowest BCUT2D eigenvalue weighted by atomic mass is 10.0. The summed E-state index contributed by atoms with van der Waals surface area (Å²) in [4.78, 5) is 25.0. The summed E-state index contributed by atoms with van der Waals surface area (Å²) in [5.41, 5.74) is 2.60. The molecule has 4 nitrogen and oxygen atoms in total. The number of carboxylic acid groups (broad SMARTS) is 1. The van der Waals surface area contributed by atoms with Crippen molar-refractivity contribution in [2.24, 2.45) is 0 Å². The van der Waals surface area contributed by atoms with Crippen molar-refractivity contribution >= 4 is 11.9 Å². The maximum absolute atomic E-state index is 12.6. The molecule has 0 saturated carbocycles. The Labute approximate surface area is 119 Å². The zero-order valence-electron chi connectivity index (χ0n) is 12.3. The predicted octanol–water partition coefficient (Wildman–Crippen LogP) is 2.50. The van der Waals surface area contributed by atoms with E-state index in [0.29, 0.717) is 5.56 Å². The molecule has 0 aromatic heterocycles. The topological polar surface area (TPSA) is 57.6 Å². The SMILES string of the molecule is CC(C)(C)N(CC(=O)O)C(=O)c1ccc2c(c1)CCC2. The Kier molecular flexibility index (Phi) is 3.84. The third kappa shape index (κ3) is 3.00. The Balaban J connectivity index is 2.30. The van der Waals surface area contributed by atoms with E-state index in [1.807, 2.05) is 39.0 Å². The second kappa shape index (κ2) is 5.27. The van der Waals surface area contributed by atoms with Crippen LogP contribution in [0.1, 0.15) is 48.7 Å². The van der Waals surface area contributed by atoms with E-state index in [-0.39, 0.29) is 12.5 Å². The van der Waals surface area contributed by atoms with Crippen LogP contribution in [0.2, 0.25) is 0 Å². The summed E-state index contributed by atoms with van der Waals surface area (Å²) in [6.07, 6.45) is 3.21. The number of aliphatic carboxylic acids is 1. The van der Waals surface area contributed by atoms with Gasteiger partial charge >= 0.3 is 5.97 Å². The van der Waals surface area contributed by atoms with Crippen molar-refractivity contribution in [3.63, 3.8) is 0 Å². The molecular formula is C16H21NO3. The molecule has 0 aliphatic heterocycles. The molecule has 0 heterocycles. The minimum atomic E-state index is -0.991. The van der Waals surface area contributed by atoms with Crippen molar-refractivity contribution in [1.29, 1.82) is 0 Å². The molecular weight excluding hydrogens is 254 g/mol. The summed E-state index contributed by atoms with van der Waals surface area (Å²) < 4.78 is 0. The fourth-order valence-electron chi connectivity index (χ4n) is 2.61. The fraction of sp³-hybridized carbons (Fsp3) is 0.500. The Morgan fingerprint density at radius 2 is 1.85 bits per heavy atom. The van der Waals surface area contributed by atoms with Gasteiger partial charge < -0.3 is 10.0 Å². The van der Waals surface area contributed by atoms with Crippen LogP contribution < -0.4 is 0 Å². The number of rotatable bonds is 3. The van der Waals surface area contributed by atoms with Gasteiger partial charge in [0.1, 0.15) is 6.54 Å². The van der Waals surface area contributed by atoms with Crippen LogP contribution in [0.3, 0.4) is 0 Å². The second-order valence-electron chi connectivity index (χ2n) is 6.29. The fourth-order valence-corrected chi connectivity index (χ4v) is 2.61. The molecule has 0 atom stereocenters. The minimum absolute atomic E-state index is 0.213. The molecule has 0 unspecified atom stereocenters. The lowest BCUT2D eigenvalue weighted by molar-refractivity contribution is -0.138. The van der Waals surface area contributed by atoms with E-state index in [9.17, 15) is 9.59 Å². The Hall–Kier alpha value is -1.84. The molecule has 20 heavy (non-hydrogen) atoms. The number of hydrogen-bond donors (Lipinski definition) is 1. The Morgan fingerprint density at radius 3 is 2.45 bits per heavy atom. The van der Waals surface area contributed by atoms with Crippen LogP contribution >= 0.6 is 0 Å². The van der Waals surface area contributed by atoms with Crippen LogP contribution in [0.15, 0.2) is 18.2 Å². The number of carboxylic acids is 1. The largest absolute Gasteiger partial charge is 0.480 e. The average molecular weight is 275 g/mol. The van der Waals surface area contributed by atoms with Crippen molar-refractivity contribution in [3.05, 3.63) is 34.9 Å². The number of benzene rings is 1. The molecule has 0 saturated heterocycles. The third-order valence-corrected chi connectivity index (χ3v) is 3.69. The van der Waals surface area contributed by atoms with E-state index in [2.05, 4.69) is 0 Å². The molecule has 2 rings (SSSR count). The molecule has 1 aliphatic carbocycles. The normalized spacial score (nSPS) is 13.9. The Morgan fingerprint density at radius 1 is 1.20 bits per heavy atom. The van der Waals surface area contributed by atoms with E-state index < -0.39 is 11.5 Å². The molecule has 108 valence electrons. The van der Waals surface area contributed by atoms with Crippen molar-refractivity contribution in [3.8, 4) is 0 Å². The highest BCUT2D eigenvalue weighted by molar-refractivity contribution is 5.96. The standard InChI is InChI=1S/C16H21NO3/c1-16(2,3)17(10-14(18)19)15(20)13-8-7-11-5-4-6-12(11)9-13/h7-9H,4-6,10H2,1-3H3,(H,18,19). The zero-order chi connectivity index (χ0) is 14.9. The van der Waals surface area contributed by atoms with Crippen molar-refractivity contribution in [2.75, 3.05) is 6.54 Å². The summed E-state index contributed by atoms with van der Waals surface area (Å²) in [7, 11) is 0. The van der Waals surface area contributed by atoms with Gasteiger partial charge in [-0.3, -0.25) is 9.59 Å². The number of nitrogens with zero attached hydrogens (tertiary/aromatic N) is 1. The molecule has 1 amide bonds. The van der Waals surface area contributed by atoms with Gasteiger partial charge in [-0.2, -0.15) is 0 Å². The van der Waals surface area contributed by atoms with Gasteiger partial charge in [0.15, 0.2) is 0 Å². The van der Waals surface area contributed by atoms with Crippen LogP contribution in [-0.2, 0) is 17.6 Å². The number of hydrogen-bond acceptors (Lipinski definition) is 2. The van der Waals surface area contributed by atoms with Crippen LogP contribution in [0.4, 0.5) is 0 Å². The Bertz CT molecular complexity index is 543. The summed E-state index contributed by atoms with van der Waals surface area (Å²) in [6, 6.07) is 5.73. The van der Waals surface area contributed by atoms with Gasteiger partial charge in [-0.15, -0.1) is 0 Å². The number of fused-ring (bicyclic) bond motifs is 1. The molecule has 0 spiro atoms. The highest BCUT2D eigenvalue weighted by atomic mass is 16.4. The first kappa shape index (κ1) is 14.6. The molecule has 1 aliphatic rings. The molecule has 0 radical (unpaired) electrons. The minimum Gasteiger partial charge on any atom is -0.480 e. The van der Waals surface area contributed by atoms with Crippen molar-refractivity contribution < 1.29 is 14.7 Å². The van der Waals surface area contributed by atoms with Gasteiger partial charge in [0, 0.05) is 11.1 Å². The quantitative estimate of drug-likeness (QED) is 0.922. The lowest BCUT2D eigenvalue weighted by Gasteiger charge is -2.34. The molecule has 0 bridgehead atoms. The molecule has 1 aromatic carbocycles. The second-order valence-corrected chi connectivity index (χ2v) is 6.29. The first-order chi connectivity index (χ1) is 9.29. The van der Waals surface area contributed by atoms with Gasteiger partial charge in [-0.25, -0.2) is 0 Å². The number of carbonyl (C=O) groups is 2. The average Bonchev–Trinajstić information content (AvgIpc) is 2.80.